The second-order valence-electron chi connectivity index (χ2n) is 6.21. The van der Waals surface area contributed by atoms with Crippen LogP contribution in [-0.4, -0.2) is 28.6 Å². The van der Waals surface area contributed by atoms with Crippen molar-refractivity contribution in [3.63, 3.8) is 0 Å². The van der Waals surface area contributed by atoms with Gasteiger partial charge >= 0.3 is 5.97 Å². The summed E-state index contributed by atoms with van der Waals surface area (Å²) in [7, 11) is 0. The van der Waals surface area contributed by atoms with Crippen LogP contribution in [-0.2, 0) is 14.3 Å². The molecule has 114 valence electrons. The zero-order chi connectivity index (χ0) is 16.4. The largest absolute Gasteiger partial charge is 0.454 e. The standard InChI is InChI=1S/C17H22O4/c1-7-17(6,20)9-8-13-11(2)15(19)14(21-12(3)18)10-16(13,4)5/h1,8-9,14,20H,10H2,2-6H3/b9-8+. The van der Waals surface area contributed by atoms with Gasteiger partial charge in [0.05, 0.1) is 0 Å². The Labute approximate surface area is 125 Å². The van der Waals surface area contributed by atoms with E-state index in [0.717, 1.165) is 5.57 Å². The molecule has 1 N–H and O–H groups in total. The highest BCUT2D eigenvalue weighted by Crippen LogP contribution is 2.40. The van der Waals surface area contributed by atoms with Gasteiger partial charge in [-0.25, -0.2) is 0 Å². The molecule has 4 nitrogen and oxygen atoms in total. The van der Waals surface area contributed by atoms with Crippen molar-refractivity contribution in [3.8, 4) is 12.3 Å². The molecule has 0 amide bonds. The predicted molar refractivity (Wildman–Crippen MR) is 80.3 cm³/mol. The summed E-state index contributed by atoms with van der Waals surface area (Å²) in [4.78, 5) is 23.4. The van der Waals surface area contributed by atoms with Gasteiger partial charge in [-0.3, -0.25) is 9.59 Å². The molecule has 1 rings (SSSR count). The molecule has 4 heteroatoms. The molecule has 2 unspecified atom stereocenters. The lowest BCUT2D eigenvalue weighted by Gasteiger charge is -2.36. The van der Waals surface area contributed by atoms with Crippen LogP contribution in [0.1, 0.15) is 41.0 Å². The van der Waals surface area contributed by atoms with Crippen molar-refractivity contribution in [2.24, 2.45) is 5.41 Å². The summed E-state index contributed by atoms with van der Waals surface area (Å²) < 4.78 is 5.10. The number of allylic oxidation sites excluding steroid dienone is 2. The van der Waals surface area contributed by atoms with E-state index in [1.165, 1.54) is 19.9 Å². The van der Waals surface area contributed by atoms with Crippen molar-refractivity contribution in [2.45, 2.75) is 52.7 Å². The van der Waals surface area contributed by atoms with Crippen LogP contribution in [0.4, 0.5) is 0 Å². The first kappa shape index (κ1) is 17.2. The number of terminal acetylenes is 1. The van der Waals surface area contributed by atoms with Crippen LogP contribution < -0.4 is 0 Å². The van der Waals surface area contributed by atoms with Gasteiger partial charge in [0.2, 0.25) is 0 Å². The zero-order valence-corrected chi connectivity index (χ0v) is 13.2. The lowest BCUT2D eigenvalue weighted by Crippen LogP contribution is -2.38. The molecule has 2 atom stereocenters. The molecule has 1 aliphatic rings. The maximum atomic E-state index is 12.3. The summed E-state index contributed by atoms with van der Waals surface area (Å²) in [5.74, 6) is 1.59. The Bertz CT molecular complexity index is 556. The van der Waals surface area contributed by atoms with Gasteiger partial charge in [0.25, 0.3) is 0 Å². The summed E-state index contributed by atoms with van der Waals surface area (Å²) in [5.41, 5.74) is -0.397. The van der Waals surface area contributed by atoms with Crippen molar-refractivity contribution in [3.05, 3.63) is 23.3 Å². The normalized spacial score (nSPS) is 24.6. The topological polar surface area (TPSA) is 63.6 Å². The van der Waals surface area contributed by atoms with Gasteiger partial charge in [-0.05, 0) is 36.5 Å². The maximum Gasteiger partial charge on any atom is 0.303 e. The highest BCUT2D eigenvalue weighted by molar-refractivity contribution is 6.01. The summed E-state index contributed by atoms with van der Waals surface area (Å²) in [6, 6.07) is 0. The summed E-state index contributed by atoms with van der Waals surface area (Å²) in [6.45, 7) is 8.41. The minimum atomic E-state index is -1.36. The van der Waals surface area contributed by atoms with Crippen molar-refractivity contribution in [1.82, 2.24) is 0 Å². The number of ether oxygens (including phenoxy) is 1. The van der Waals surface area contributed by atoms with E-state index >= 15 is 0 Å². The van der Waals surface area contributed by atoms with Gasteiger partial charge in [-0.15, -0.1) is 6.42 Å². The van der Waals surface area contributed by atoms with Gasteiger partial charge in [0.15, 0.2) is 11.9 Å². The third kappa shape index (κ3) is 4.05. The van der Waals surface area contributed by atoms with Crippen molar-refractivity contribution in [1.29, 1.82) is 0 Å². The minimum absolute atomic E-state index is 0.204. The Hall–Kier alpha value is -1.86. The van der Waals surface area contributed by atoms with Gasteiger partial charge in [-0.2, -0.15) is 0 Å². The number of carbonyl (C=O) groups excluding carboxylic acids is 2. The Kier molecular flexibility index (Phi) is 4.80. The van der Waals surface area contributed by atoms with Gasteiger partial charge < -0.3 is 9.84 Å². The fourth-order valence-corrected chi connectivity index (χ4v) is 2.49. The summed E-state index contributed by atoms with van der Waals surface area (Å²) in [6.07, 6.45) is 8.08. The molecule has 0 aromatic heterocycles. The number of esters is 1. The molecule has 0 saturated heterocycles. The number of rotatable bonds is 3. The van der Waals surface area contributed by atoms with E-state index in [-0.39, 0.29) is 11.2 Å². The number of hydrogen-bond donors (Lipinski definition) is 1. The molecule has 0 radical (unpaired) electrons. The zero-order valence-electron chi connectivity index (χ0n) is 13.2. The molecule has 0 saturated carbocycles. The highest BCUT2D eigenvalue weighted by atomic mass is 16.5. The minimum Gasteiger partial charge on any atom is -0.454 e. The molecule has 0 aliphatic heterocycles. The molecule has 0 aromatic carbocycles. The SMILES string of the molecule is C#CC(C)(O)/C=C/C1=C(C)C(=O)C(OC(C)=O)CC1(C)C. The van der Waals surface area contributed by atoms with E-state index in [9.17, 15) is 14.7 Å². The van der Waals surface area contributed by atoms with E-state index in [1.54, 1.807) is 13.0 Å². The second kappa shape index (κ2) is 5.87. The lowest BCUT2D eigenvalue weighted by molar-refractivity contribution is -0.153. The van der Waals surface area contributed by atoms with Crippen LogP contribution in [0.15, 0.2) is 23.3 Å². The fourth-order valence-electron chi connectivity index (χ4n) is 2.49. The molecule has 0 heterocycles. The van der Waals surface area contributed by atoms with Gasteiger partial charge in [-0.1, -0.05) is 25.8 Å². The molecule has 0 aromatic rings. The fraction of sp³-hybridized carbons (Fsp3) is 0.529. The van der Waals surface area contributed by atoms with Crippen molar-refractivity contribution >= 4 is 11.8 Å². The second-order valence-corrected chi connectivity index (χ2v) is 6.21. The molecule has 0 spiro atoms. The van der Waals surface area contributed by atoms with Crippen molar-refractivity contribution in [2.75, 3.05) is 0 Å². The van der Waals surface area contributed by atoms with Gasteiger partial charge in [0.1, 0.15) is 5.60 Å². The number of Topliss-reactive ketones (excluding diaryl/α,β-unsaturated/α-hetero) is 1. The third-order valence-corrected chi connectivity index (χ3v) is 3.67. The molecule has 1 aliphatic carbocycles. The van der Waals surface area contributed by atoms with E-state index in [0.29, 0.717) is 12.0 Å². The number of aliphatic hydroxyl groups is 1. The maximum absolute atomic E-state index is 12.3. The van der Waals surface area contributed by atoms with Crippen molar-refractivity contribution < 1.29 is 19.4 Å². The monoisotopic (exact) mass is 290 g/mol. The average molecular weight is 290 g/mol. The Balaban J connectivity index is 3.19. The predicted octanol–water partition coefficient (Wildman–Crippen LogP) is 2.17. The average Bonchev–Trinajstić information content (AvgIpc) is 2.34. The van der Waals surface area contributed by atoms with E-state index in [1.807, 2.05) is 13.8 Å². The van der Waals surface area contributed by atoms with Crippen LogP contribution in [0.3, 0.4) is 0 Å². The van der Waals surface area contributed by atoms with E-state index < -0.39 is 17.7 Å². The third-order valence-electron chi connectivity index (χ3n) is 3.67. The quantitative estimate of drug-likeness (QED) is 0.639. The van der Waals surface area contributed by atoms with Crippen LogP contribution >= 0.6 is 0 Å². The van der Waals surface area contributed by atoms with Crippen LogP contribution in [0, 0.1) is 17.8 Å². The first-order chi connectivity index (χ1) is 9.50. The summed E-state index contributed by atoms with van der Waals surface area (Å²) in [5, 5.41) is 9.85. The Morgan fingerprint density at radius 3 is 2.62 bits per heavy atom. The molecule has 0 fully saturated rings. The lowest BCUT2D eigenvalue weighted by atomic mass is 9.70. The molecular formula is C17H22O4. The Morgan fingerprint density at radius 1 is 1.57 bits per heavy atom. The number of hydrogen-bond acceptors (Lipinski definition) is 4. The van der Waals surface area contributed by atoms with Crippen LogP contribution in [0.5, 0.6) is 0 Å². The van der Waals surface area contributed by atoms with E-state index in [4.69, 9.17) is 11.2 Å². The molecule has 0 bridgehead atoms. The number of carbonyl (C=O) groups is 2. The first-order valence-electron chi connectivity index (χ1n) is 6.82. The smallest absolute Gasteiger partial charge is 0.303 e. The first-order valence-corrected chi connectivity index (χ1v) is 6.82. The highest BCUT2D eigenvalue weighted by Gasteiger charge is 2.39. The summed E-state index contributed by atoms with van der Waals surface area (Å²) >= 11 is 0. The molecular weight excluding hydrogens is 268 g/mol. The van der Waals surface area contributed by atoms with E-state index in [2.05, 4.69) is 5.92 Å². The Morgan fingerprint density at radius 2 is 2.14 bits per heavy atom. The van der Waals surface area contributed by atoms with Crippen LogP contribution in [0.25, 0.3) is 0 Å². The van der Waals surface area contributed by atoms with Gasteiger partial charge in [0, 0.05) is 13.3 Å². The number of ketones is 1. The molecule has 21 heavy (non-hydrogen) atoms. The van der Waals surface area contributed by atoms with Crippen LogP contribution in [0.2, 0.25) is 0 Å².